The van der Waals surface area contributed by atoms with E-state index >= 15 is 0 Å². The molecule has 1 amide bonds. The Kier molecular flexibility index (Phi) is 5.70. The molecule has 1 aromatic carbocycles. The lowest BCUT2D eigenvalue weighted by molar-refractivity contribution is 0.102. The summed E-state index contributed by atoms with van der Waals surface area (Å²) in [6.45, 7) is 5.99. The molecule has 2 aromatic rings. The summed E-state index contributed by atoms with van der Waals surface area (Å²) in [7, 11) is -3.63. The Bertz CT molecular complexity index is 913. The standard InChI is InChI=1S/C16H20N4O4S/c1-4-20(5-2)25(23,24)12-7-6-11(3)14(10-12)17-16(22)13-8-9-15(21)19-18-13/h6-10H,4-5H2,1-3H3,(H,17,22)(H,19,21). The van der Waals surface area contributed by atoms with Crippen LogP contribution in [0.5, 0.6) is 0 Å². The number of anilines is 1. The number of hydrogen-bond acceptors (Lipinski definition) is 5. The van der Waals surface area contributed by atoms with Gasteiger partial charge in [0.25, 0.3) is 11.5 Å². The van der Waals surface area contributed by atoms with Gasteiger partial charge in [0.05, 0.1) is 4.90 Å². The van der Waals surface area contributed by atoms with Crippen molar-refractivity contribution in [3.05, 3.63) is 51.9 Å². The van der Waals surface area contributed by atoms with Crippen molar-refractivity contribution in [2.45, 2.75) is 25.7 Å². The number of carbonyl (C=O) groups excluding carboxylic acids is 1. The van der Waals surface area contributed by atoms with Crippen molar-refractivity contribution >= 4 is 21.6 Å². The van der Waals surface area contributed by atoms with Crippen molar-refractivity contribution in [1.82, 2.24) is 14.5 Å². The van der Waals surface area contributed by atoms with Crippen LogP contribution in [0.4, 0.5) is 5.69 Å². The fourth-order valence-electron chi connectivity index (χ4n) is 2.27. The maximum Gasteiger partial charge on any atom is 0.276 e. The Hall–Kier alpha value is -2.52. The summed E-state index contributed by atoms with van der Waals surface area (Å²) < 4.78 is 26.6. The van der Waals surface area contributed by atoms with Gasteiger partial charge in [-0.25, -0.2) is 13.5 Å². The first kappa shape index (κ1) is 18.8. The molecule has 0 radical (unpaired) electrons. The highest BCUT2D eigenvalue weighted by molar-refractivity contribution is 7.89. The highest BCUT2D eigenvalue weighted by Gasteiger charge is 2.22. The van der Waals surface area contributed by atoms with Gasteiger partial charge in [0.2, 0.25) is 10.0 Å². The van der Waals surface area contributed by atoms with Crippen LogP contribution in [0.25, 0.3) is 0 Å². The highest BCUT2D eigenvalue weighted by atomic mass is 32.2. The molecule has 134 valence electrons. The third-order valence-electron chi connectivity index (χ3n) is 3.71. The second kappa shape index (κ2) is 7.58. The minimum Gasteiger partial charge on any atom is -0.320 e. The summed E-state index contributed by atoms with van der Waals surface area (Å²) >= 11 is 0. The normalized spacial score (nSPS) is 11.5. The molecule has 0 spiro atoms. The average molecular weight is 364 g/mol. The van der Waals surface area contributed by atoms with Crippen molar-refractivity contribution in [2.75, 3.05) is 18.4 Å². The van der Waals surface area contributed by atoms with E-state index in [-0.39, 0.29) is 10.6 Å². The number of amides is 1. The first-order valence-electron chi connectivity index (χ1n) is 7.77. The van der Waals surface area contributed by atoms with Gasteiger partial charge >= 0.3 is 0 Å². The Morgan fingerprint density at radius 1 is 1.20 bits per heavy atom. The second-order valence-corrected chi connectivity index (χ2v) is 7.26. The summed E-state index contributed by atoms with van der Waals surface area (Å²) in [6, 6.07) is 7.05. The molecular weight excluding hydrogens is 344 g/mol. The molecule has 25 heavy (non-hydrogen) atoms. The topological polar surface area (TPSA) is 112 Å². The van der Waals surface area contributed by atoms with Crippen LogP contribution in [0, 0.1) is 6.92 Å². The van der Waals surface area contributed by atoms with Crippen LogP contribution < -0.4 is 10.9 Å². The average Bonchev–Trinajstić information content (AvgIpc) is 2.58. The van der Waals surface area contributed by atoms with Crippen LogP contribution >= 0.6 is 0 Å². The number of hydrogen-bond donors (Lipinski definition) is 2. The van der Waals surface area contributed by atoms with Gasteiger partial charge in [-0.1, -0.05) is 19.9 Å². The van der Waals surface area contributed by atoms with Gasteiger partial charge in [0.1, 0.15) is 5.69 Å². The number of rotatable bonds is 6. The maximum absolute atomic E-state index is 12.6. The smallest absolute Gasteiger partial charge is 0.276 e. The first-order valence-corrected chi connectivity index (χ1v) is 9.21. The number of nitrogens with one attached hydrogen (secondary N) is 2. The molecule has 0 unspecified atom stereocenters. The Morgan fingerprint density at radius 2 is 1.88 bits per heavy atom. The predicted molar refractivity (Wildman–Crippen MR) is 94.1 cm³/mol. The number of H-pyrrole nitrogens is 1. The van der Waals surface area contributed by atoms with Crippen molar-refractivity contribution in [1.29, 1.82) is 0 Å². The largest absolute Gasteiger partial charge is 0.320 e. The summed E-state index contributed by atoms with van der Waals surface area (Å²) in [4.78, 5) is 23.3. The van der Waals surface area contributed by atoms with Crippen LogP contribution in [-0.4, -0.2) is 41.9 Å². The lowest BCUT2D eigenvalue weighted by Crippen LogP contribution is -2.30. The zero-order valence-electron chi connectivity index (χ0n) is 14.2. The molecule has 2 N–H and O–H groups in total. The molecule has 0 saturated carbocycles. The highest BCUT2D eigenvalue weighted by Crippen LogP contribution is 2.23. The van der Waals surface area contributed by atoms with Gasteiger partial charge in [0.15, 0.2) is 0 Å². The molecule has 9 heteroatoms. The molecule has 1 heterocycles. The maximum atomic E-state index is 12.6. The van der Waals surface area contributed by atoms with Gasteiger partial charge in [-0.15, -0.1) is 0 Å². The number of carbonyl (C=O) groups is 1. The zero-order chi connectivity index (χ0) is 18.6. The van der Waals surface area contributed by atoms with Crippen LogP contribution in [-0.2, 0) is 10.0 Å². The van der Waals surface area contributed by atoms with Gasteiger partial charge in [-0.3, -0.25) is 9.59 Å². The molecule has 0 atom stereocenters. The van der Waals surface area contributed by atoms with Gasteiger partial charge < -0.3 is 5.32 Å². The number of aromatic nitrogens is 2. The van der Waals surface area contributed by atoms with Crippen LogP contribution in [0.3, 0.4) is 0 Å². The zero-order valence-corrected chi connectivity index (χ0v) is 15.1. The van der Waals surface area contributed by atoms with Crippen molar-refractivity contribution in [3.63, 3.8) is 0 Å². The molecule has 0 bridgehead atoms. The fourth-order valence-corrected chi connectivity index (χ4v) is 3.75. The summed E-state index contributed by atoms with van der Waals surface area (Å²) in [5.74, 6) is -0.545. The third-order valence-corrected chi connectivity index (χ3v) is 5.76. The van der Waals surface area contributed by atoms with Gasteiger partial charge in [-0.05, 0) is 30.7 Å². The number of nitrogens with zero attached hydrogens (tertiary/aromatic N) is 2. The van der Waals surface area contributed by atoms with Crippen LogP contribution in [0.2, 0.25) is 0 Å². The molecule has 0 saturated heterocycles. The number of aryl methyl sites for hydroxylation is 1. The van der Waals surface area contributed by atoms with Crippen molar-refractivity contribution < 1.29 is 13.2 Å². The predicted octanol–water partition coefficient (Wildman–Crippen LogP) is 1.36. The SMILES string of the molecule is CCN(CC)S(=O)(=O)c1ccc(C)c(NC(=O)c2ccc(=O)[nH]n2)c1. The minimum atomic E-state index is -3.63. The van der Waals surface area contributed by atoms with Crippen molar-refractivity contribution in [2.24, 2.45) is 0 Å². The quantitative estimate of drug-likeness (QED) is 0.804. The van der Waals surface area contributed by atoms with E-state index < -0.39 is 21.5 Å². The Labute approximate surface area is 145 Å². The van der Waals surface area contributed by atoms with E-state index in [9.17, 15) is 18.0 Å². The van der Waals surface area contributed by atoms with E-state index in [0.717, 1.165) is 0 Å². The second-order valence-electron chi connectivity index (χ2n) is 5.33. The lowest BCUT2D eigenvalue weighted by Gasteiger charge is -2.19. The number of benzene rings is 1. The van der Waals surface area contributed by atoms with Crippen molar-refractivity contribution in [3.8, 4) is 0 Å². The third kappa shape index (κ3) is 4.12. The van der Waals surface area contributed by atoms with Crippen LogP contribution in [0.15, 0.2) is 40.0 Å². The lowest BCUT2D eigenvalue weighted by atomic mass is 10.2. The van der Waals surface area contributed by atoms with E-state index in [1.807, 2.05) is 0 Å². The van der Waals surface area contributed by atoms with E-state index in [1.54, 1.807) is 26.8 Å². The fraction of sp³-hybridized carbons (Fsp3) is 0.312. The molecule has 0 fully saturated rings. The molecule has 1 aromatic heterocycles. The Morgan fingerprint density at radius 3 is 2.44 bits per heavy atom. The van der Waals surface area contributed by atoms with E-state index in [4.69, 9.17) is 0 Å². The molecule has 0 aliphatic carbocycles. The molecule has 8 nitrogen and oxygen atoms in total. The van der Waals surface area contributed by atoms with E-state index in [2.05, 4.69) is 15.5 Å². The van der Waals surface area contributed by atoms with E-state index in [0.29, 0.717) is 24.3 Å². The Balaban J connectivity index is 2.35. The molecular formula is C16H20N4O4S. The molecule has 0 aliphatic rings. The summed E-state index contributed by atoms with van der Waals surface area (Å²) in [5, 5.41) is 8.46. The summed E-state index contributed by atoms with van der Waals surface area (Å²) in [6.07, 6.45) is 0. The monoisotopic (exact) mass is 364 g/mol. The first-order chi connectivity index (χ1) is 11.8. The van der Waals surface area contributed by atoms with Gasteiger partial charge in [0, 0.05) is 24.8 Å². The number of sulfonamides is 1. The number of aromatic amines is 1. The molecule has 2 rings (SSSR count). The van der Waals surface area contributed by atoms with E-state index in [1.165, 1.54) is 28.6 Å². The summed E-state index contributed by atoms with van der Waals surface area (Å²) in [5.41, 5.74) is 0.679. The van der Waals surface area contributed by atoms with Gasteiger partial charge in [-0.2, -0.15) is 9.40 Å². The minimum absolute atomic E-state index is 0.0241. The van der Waals surface area contributed by atoms with Crippen LogP contribution in [0.1, 0.15) is 29.9 Å². The molecule has 0 aliphatic heterocycles.